The summed E-state index contributed by atoms with van der Waals surface area (Å²) in [4.78, 5) is 0. The normalized spacial score (nSPS) is 36.0. The van der Waals surface area contributed by atoms with Gasteiger partial charge in [-0.25, -0.2) is 0 Å². The van der Waals surface area contributed by atoms with Gasteiger partial charge in [0.15, 0.2) is 0 Å². The zero-order valence-corrected chi connectivity index (χ0v) is 7.05. The Morgan fingerprint density at radius 2 is 2.18 bits per heavy atom. The molecular formula is C9H16O2. The number of ether oxygens (including phenoxy) is 1. The summed E-state index contributed by atoms with van der Waals surface area (Å²) in [6, 6.07) is 0. The van der Waals surface area contributed by atoms with E-state index in [4.69, 9.17) is 4.74 Å². The van der Waals surface area contributed by atoms with E-state index in [0.717, 1.165) is 13.0 Å². The van der Waals surface area contributed by atoms with Crippen LogP contribution in [-0.4, -0.2) is 23.4 Å². The monoisotopic (exact) mass is 156 g/mol. The Morgan fingerprint density at radius 3 is 2.55 bits per heavy atom. The van der Waals surface area contributed by atoms with E-state index in [9.17, 15) is 5.11 Å². The van der Waals surface area contributed by atoms with E-state index in [0.29, 0.717) is 12.0 Å². The first-order valence-electron chi connectivity index (χ1n) is 4.52. The van der Waals surface area contributed by atoms with Crippen molar-refractivity contribution in [1.29, 1.82) is 0 Å². The predicted octanol–water partition coefficient (Wildman–Crippen LogP) is 1.33. The molecule has 1 aliphatic heterocycles. The second-order valence-electron chi connectivity index (χ2n) is 4.14. The molecule has 0 aromatic carbocycles. The van der Waals surface area contributed by atoms with Crippen molar-refractivity contribution < 1.29 is 9.84 Å². The lowest BCUT2D eigenvalue weighted by Crippen LogP contribution is -2.39. The van der Waals surface area contributed by atoms with Crippen LogP contribution in [0.2, 0.25) is 0 Å². The molecule has 0 aromatic heterocycles. The molecule has 2 fully saturated rings. The van der Waals surface area contributed by atoms with Crippen LogP contribution in [0.15, 0.2) is 0 Å². The van der Waals surface area contributed by atoms with Crippen molar-refractivity contribution in [2.24, 2.45) is 5.92 Å². The van der Waals surface area contributed by atoms with Crippen LogP contribution < -0.4 is 0 Å². The van der Waals surface area contributed by atoms with Crippen LogP contribution >= 0.6 is 0 Å². The van der Waals surface area contributed by atoms with Gasteiger partial charge in [-0.1, -0.05) is 6.42 Å². The number of epoxide rings is 1. The second kappa shape index (κ2) is 2.46. The molecule has 64 valence electrons. The van der Waals surface area contributed by atoms with E-state index in [1.807, 2.05) is 6.92 Å². The number of hydrogen-bond donors (Lipinski definition) is 1. The molecule has 0 unspecified atom stereocenters. The molecule has 0 amide bonds. The van der Waals surface area contributed by atoms with Crippen molar-refractivity contribution in [3.05, 3.63) is 0 Å². The van der Waals surface area contributed by atoms with E-state index < -0.39 is 5.60 Å². The van der Waals surface area contributed by atoms with E-state index in [2.05, 4.69) is 0 Å². The quantitative estimate of drug-likeness (QED) is 0.625. The molecule has 2 atom stereocenters. The first kappa shape index (κ1) is 7.56. The minimum absolute atomic E-state index is 0.366. The minimum Gasteiger partial charge on any atom is -0.390 e. The predicted molar refractivity (Wildman–Crippen MR) is 42.3 cm³/mol. The molecule has 1 saturated heterocycles. The first-order valence-corrected chi connectivity index (χ1v) is 4.52. The summed E-state index contributed by atoms with van der Waals surface area (Å²) in [6.45, 7) is 2.82. The molecular weight excluding hydrogens is 140 g/mol. The van der Waals surface area contributed by atoms with E-state index in [1.165, 1.54) is 19.3 Å². The van der Waals surface area contributed by atoms with Crippen molar-refractivity contribution in [2.45, 2.75) is 44.3 Å². The third kappa shape index (κ3) is 1.57. The van der Waals surface area contributed by atoms with Gasteiger partial charge in [0.2, 0.25) is 0 Å². The molecule has 0 radical (unpaired) electrons. The molecule has 2 aliphatic rings. The maximum atomic E-state index is 9.96. The SMILES string of the molecule is C[C@](O)(C[C@@H]1CO1)C1CCC1. The van der Waals surface area contributed by atoms with E-state index in [-0.39, 0.29) is 0 Å². The maximum absolute atomic E-state index is 9.96. The molecule has 0 spiro atoms. The Morgan fingerprint density at radius 1 is 1.55 bits per heavy atom. The van der Waals surface area contributed by atoms with Crippen LogP contribution in [0.3, 0.4) is 0 Å². The fourth-order valence-corrected chi connectivity index (χ4v) is 1.84. The number of aliphatic hydroxyl groups is 1. The molecule has 1 saturated carbocycles. The fourth-order valence-electron chi connectivity index (χ4n) is 1.84. The lowest BCUT2D eigenvalue weighted by molar-refractivity contribution is -0.0455. The van der Waals surface area contributed by atoms with Gasteiger partial charge < -0.3 is 9.84 Å². The molecule has 2 heteroatoms. The van der Waals surface area contributed by atoms with Crippen LogP contribution in [0, 0.1) is 5.92 Å². The highest BCUT2D eigenvalue weighted by molar-refractivity contribution is 4.91. The third-order valence-electron chi connectivity index (χ3n) is 3.03. The van der Waals surface area contributed by atoms with Crippen molar-refractivity contribution in [3.8, 4) is 0 Å². The maximum Gasteiger partial charge on any atom is 0.0837 e. The zero-order valence-electron chi connectivity index (χ0n) is 7.05. The highest BCUT2D eigenvalue weighted by Crippen LogP contribution is 2.40. The van der Waals surface area contributed by atoms with Crippen molar-refractivity contribution >= 4 is 0 Å². The lowest BCUT2D eigenvalue weighted by atomic mass is 9.72. The average Bonchev–Trinajstić information content (AvgIpc) is 2.40. The van der Waals surface area contributed by atoms with Gasteiger partial charge in [-0.15, -0.1) is 0 Å². The zero-order chi connectivity index (χ0) is 7.90. The van der Waals surface area contributed by atoms with Gasteiger partial charge in [-0.05, 0) is 25.7 Å². The molecule has 0 aromatic rings. The standard InChI is InChI=1S/C9H16O2/c1-9(10,5-8-6-11-8)7-3-2-4-7/h7-8,10H,2-6H2,1H3/t8-,9+/m1/s1. The van der Waals surface area contributed by atoms with Crippen LogP contribution in [0.5, 0.6) is 0 Å². The van der Waals surface area contributed by atoms with Gasteiger partial charge >= 0.3 is 0 Å². The Balaban J connectivity index is 1.84. The smallest absolute Gasteiger partial charge is 0.0837 e. The van der Waals surface area contributed by atoms with Crippen LogP contribution in [0.4, 0.5) is 0 Å². The first-order chi connectivity index (χ1) is 5.18. The van der Waals surface area contributed by atoms with Crippen molar-refractivity contribution in [2.75, 3.05) is 6.61 Å². The molecule has 11 heavy (non-hydrogen) atoms. The summed E-state index contributed by atoms with van der Waals surface area (Å²) >= 11 is 0. The summed E-state index contributed by atoms with van der Waals surface area (Å²) in [5.41, 5.74) is -0.445. The van der Waals surface area contributed by atoms with Gasteiger partial charge in [0.1, 0.15) is 0 Å². The Bertz CT molecular complexity index is 146. The number of hydrogen-bond acceptors (Lipinski definition) is 2. The van der Waals surface area contributed by atoms with Crippen LogP contribution in [0.1, 0.15) is 32.6 Å². The van der Waals surface area contributed by atoms with Crippen molar-refractivity contribution in [3.63, 3.8) is 0 Å². The summed E-state index contributed by atoms with van der Waals surface area (Å²) in [5.74, 6) is 0.548. The molecule has 1 aliphatic carbocycles. The fraction of sp³-hybridized carbons (Fsp3) is 1.00. The second-order valence-corrected chi connectivity index (χ2v) is 4.14. The molecule has 1 N–H and O–H groups in total. The summed E-state index contributed by atoms with van der Waals surface area (Å²) in [6.07, 6.45) is 4.93. The molecule has 0 bridgehead atoms. The minimum atomic E-state index is -0.445. The van der Waals surface area contributed by atoms with Crippen LogP contribution in [-0.2, 0) is 4.74 Å². The van der Waals surface area contributed by atoms with Crippen LogP contribution in [0.25, 0.3) is 0 Å². The van der Waals surface area contributed by atoms with E-state index in [1.54, 1.807) is 0 Å². The topological polar surface area (TPSA) is 32.8 Å². The molecule has 2 rings (SSSR count). The van der Waals surface area contributed by atoms with Gasteiger partial charge in [0.05, 0.1) is 18.3 Å². The Kier molecular flexibility index (Phi) is 1.69. The van der Waals surface area contributed by atoms with Crippen molar-refractivity contribution in [1.82, 2.24) is 0 Å². The van der Waals surface area contributed by atoms with Gasteiger partial charge in [-0.2, -0.15) is 0 Å². The summed E-state index contributed by atoms with van der Waals surface area (Å²) in [5, 5.41) is 9.96. The summed E-state index contributed by atoms with van der Waals surface area (Å²) in [7, 11) is 0. The highest BCUT2D eigenvalue weighted by Gasteiger charge is 2.40. The lowest BCUT2D eigenvalue weighted by Gasteiger charge is -2.38. The van der Waals surface area contributed by atoms with E-state index >= 15 is 0 Å². The average molecular weight is 156 g/mol. The van der Waals surface area contributed by atoms with Gasteiger partial charge in [0, 0.05) is 6.42 Å². The summed E-state index contributed by atoms with van der Waals surface area (Å²) < 4.78 is 5.10. The largest absolute Gasteiger partial charge is 0.390 e. The Labute approximate surface area is 67.6 Å². The molecule has 2 nitrogen and oxygen atoms in total. The molecule has 1 heterocycles. The number of rotatable bonds is 3. The third-order valence-corrected chi connectivity index (χ3v) is 3.03. The Hall–Kier alpha value is -0.0800. The highest BCUT2D eigenvalue weighted by atomic mass is 16.6. The van der Waals surface area contributed by atoms with Gasteiger partial charge in [-0.3, -0.25) is 0 Å². The van der Waals surface area contributed by atoms with Gasteiger partial charge in [0.25, 0.3) is 0 Å².